The molecular formula is C19H23NO8. The number of carbonyl (C=O) groups excluding carboxylic acids is 3. The van der Waals surface area contributed by atoms with Crippen LogP contribution >= 0.6 is 0 Å². The van der Waals surface area contributed by atoms with Gasteiger partial charge in [-0.3, -0.25) is 24.5 Å². The lowest BCUT2D eigenvalue weighted by atomic mass is 9.88. The summed E-state index contributed by atoms with van der Waals surface area (Å²) in [7, 11) is 2.87. The molecule has 0 heterocycles. The molecule has 0 N–H and O–H groups in total. The second-order valence-electron chi connectivity index (χ2n) is 6.79. The van der Waals surface area contributed by atoms with E-state index in [0.717, 1.165) is 0 Å². The van der Waals surface area contributed by atoms with E-state index in [1.807, 2.05) is 0 Å². The van der Waals surface area contributed by atoms with Gasteiger partial charge in [-0.1, -0.05) is 6.92 Å². The Kier molecular flexibility index (Phi) is 7.08. The minimum Gasteiger partial charge on any atom is -0.497 e. The predicted octanol–water partition coefficient (Wildman–Crippen LogP) is 1.94. The van der Waals surface area contributed by atoms with Crippen molar-refractivity contribution in [2.24, 2.45) is 17.8 Å². The van der Waals surface area contributed by atoms with Crippen LogP contribution in [-0.2, 0) is 14.3 Å². The van der Waals surface area contributed by atoms with Gasteiger partial charge in [0.25, 0.3) is 0 Å². The lowest BCUT2D eigenvalue weighted by Crippen LogP contribution is -2.28. The van der Waals surface area contributed by atoms with Crippen molar-refractivity contribution in [2.75, 3.05) is 27.4 Å². The highest BCUT2D eigenvalue weighted by Crippen LogP contribution is 2.36. The number of methoxy groups -OCH3 is 2. The maximum absolute atomic E-state index is 12.4. The summed E-state index contributed by atoms with van der Waals surface area (Å²) in [6.07, 6.45) is -0.0689. The van der Waals surface area contributed by atoms with E-state index >= 15 is 0 Å². The second-order valence-corrected chi connectivity index (χ2v) is 6.79. The Morgan fingerprint density at radius 3 is 2.57 bits per heavy atom. The second kappa shape index (κ2) is 9.29. The summed E-state index contributed by atoms with van der Waals surface area (Å²) in [5, 5.41) is 10.8. The molecule has 2 rings (SSSR count). The van der Waals surface area contributed by atoms with E-state index in [2.05, 4.69) is 0 Å². The number of benzene rings is 1. The number of carbonyl (C=O) groups is 3. The molecule has 3 atom stereocenters. The fourth-order valence-corrected chi connectivity index (χ4v) is 3.49. The summed E-state index contributed by atoms with van der Waals surface area (Å²) in [5.41, 5.74) is 0.200. The highest BCUT2D eigenvalue weighted by molar-refractivity contribution is 6.00. The smallest absolute Gasteiger partial charge is 0.306 e. The highest BCUT2D eigenvalue weighted by atomic mass is 16.6. The number of esters is 1. The molecule has 0 aliphatic heterocycles. The number of nitro groups is 1. The minimum absolute atomic E-state index is 0.168. The van der Waals surface area contributed by atoms with Gasteiger partial charge in [0.05, 0.1) is 26.2 Å². The zero-order valence-corrected chi connectivity index (χ0v) is 16.0. The van der Waals surface area contributed by atoms with Gasteiger partial charge < -0.3 is 14.2 Å². The summed E-state index contributed by atoms with van der Waals surface area (Å²) < 4.78 is 15.2. The molecule has 152 valence electrons. The van der Waals surface area contributed by atoms with E-state index in [0.29, 0.717) is 11.5 Å². The molecule has 1 aromatic rings. The molecule has 0 spiro atoms. The molecule has 28 heavy (non-hydrogen) atoms. The van der Waals surface area contributed by atoms with Gasteiger partial charge in [0.1, 0.15) is 17.3 Å². The van der Waals surface area contributed by atoms with E-state index in [4.69, 9.17) is 14.2 Å². The van der Waals surface area contributed by atoms with Gasteiger partial charge in [-0.05, 0) is 24.1 Å². The van der Waals surface area contributed by atoms with Gasteiger partial charge in [0.15, 0.2) is 6.61 Å². The van der Waals surface area contributed by atoms with Crippen LogP contribution in [0.4, 0.5) is 0 Å². The molecule has 0 unspecified atom stereocenters. The Morgan fingerprint density at radius 1 is 1.25 bits per heavy atom. The van der Waals surface area contributed by atoms with Crippen LogP contribution in [0.1, 0.15) is 30.1 Å². The number of Topliss-reactive ketones (excluding diaryl/α,β-unsaturated/α-hetero) is 2. The number of ketones is 2. The van der Waals surface area contributed by atoms with Crippen molar-refractivity contribution >= 4 is 17.5 Å². The maximum Gasteiger partial charge on any atom is 0.306 e. The first kappa shape index (κ1) is 21.3. The van der Waals surface area contributed by atoms with Crippen LogP contribution in [-0.4, -0.2) is 49.8 Å². The lowest BCUT2D eigenvalue weighted by molar-refractivity contribution is -0.490. The summed E-state index contributed by atoms with van der Waals surface area (Å²) in [6.45, 7) is 0.861. The largest absolute Gasteiger partial charge is 0.497 e. The quantitative estimate of drug-likeness (QED) is 0.270. The number of nitrogens with zero attached hydrogens (tertiary/aromatic N) is 1. The fourth-order valence-electron chi connectivity index (χ4n) is 3.49. The van der Waals surface area contributed by atoms with Gasteiger partial charge in [0.2, 0.25) is 12.3 Å². The summed E-state index contributed by atoms with van der Waals surface area (Å²) in [6, 6.07) is 4.67. The molecule has 0 radical (unpaired) electrons. The Balaban J connectivity index is 1.99. The number of rotatable bonds is 9. The molecule has 0 saturated heterocycles. The van der Waals surface area contributed by atoms with E-state index in [9.17, 15) is 24.5 Å². The first-order chi connectivity index (χ1) is 13.3. The van der Waals surface area contributed by atoms with Gasteiger partial charge >= 0.3 is 5.97 Å². The Hall–Kier alpha value is -2.97. The Bertz CT molecular complexity index is 775. The summed E-state index contributed by atoms with van der Waals surface area (Å²) >= 11 is 0. The highest BCUT2D eigenvalue weighted by Gasteiger charge is 2.44. The van der Waals surface area contributed by atoms with Gasteiger partial charge in [0, 0.05) is 23.2 Å². The average Bonchev–Trinajstić information content (AvgIpc) is 2.91. The third-order valence-electron chi connectivity index (χ3n) is 5.00. The third-order valence-corrected chi connectivity index (χ3v) is 5.00. The van der Waals surface area contributed by atoms with Crippen LogP contribution in [0.3, 0.4) is 0 Å². The molecule has 1 aliphatic carbocycles. The van der Waals surface area contributed by atoms with Crippen molar-refractivity contribution in [1.29, 1.82) is 0 Å². The van der Waals surface area contributed by atoms with Crippen molar-refractivity contribution in [2.45, 2.75) is 19.8 Å². The van der Waals surface area contributed by atoms with Gasteiger partial charge in [-0.25, -0.2) is 0 Å². The Labute approximate surface area is 162 Å². The molecule has 1 saturated carbocycles. The average molecular weight is 393 g/mol. The van der Waals surface area contributed by atoms with Crippen LogP contribution < -0.4 is 9.47 Å². The number of hydrogen-bond donors (Lipinski definition) is 0. The van der Waals surface area contributed by atoms with Crippen LogP contribution in [0.2, 0.25) is 0 Å². The summed E-state index contributed by atoms with van der Waals surface area (Å²) in [4.78, 5) is 47.0. The van der Waals surface area contributed by atoms with E-state index in [-0.39, 0.29) is 36.7 Å². The molecule has 0 amide bonds. The standard InChI is InChI=1S/C19H23NO8/c1-11-6-16(21)13(15(11)9-20(24)25)8-19(23)28-10-17(22)14-7-12(26-2)4-5-18(14)27-3/h4-5,7,11,13,15H,6,8-10H2,1-3H3/t11-,13+,15-/m1/s1. The first-order valence-corrected chi connectivity index (χ1v) is 8.82. The SMILES string of the molecule is COc1ccc(OC)c(C(=O)COC(=O)C[C@@H]2C(=O)C[C@@H](C)[C@H]2C[N+](=O)[O-])c1. The Morgan fingerprint density at radius 2 is 1.96 bits per heavy atom. The van der Waals surface area contributed by atoms with E-state index in [1.165, 1.54) is 20.3 Å². The third kappa shape index (κ3) is 5.05. The molecule has 9 heteroatoms. The lowest BCUT2D eigenvalue weighted by Gasteiger charge is -2.17. The zero-order valence-electron chi connectivity index (χ0n) is 16.0. The fraction of sp³-hybridized carbons (Fsp3) is 0.526. The molecule has 9 nitrogen and oxygen atoms in total. The summed E-state index contributed by atoms with van der Waals surface area (Å²) in [5.74, 6) is -2.08. The predicted molar refractivity (Wildman–Crippen MR) is 97.1 cm³/mol. The topological polar surface area (TPSA) is 122 Å². The first-order valence-electron chi connectivity index (χ1n) is 8.82. The van der Waals surface area contributed by atoms with Crippen LogP contribution in [0.15, 0.2) is 18.2 Å². The zero-order chi connectivity index (χ0) is 20.8. The molecular weight excluding hydrogens is 370 g/mol. The van der Waals surface area contributed by atoms with Gasteiger partial charge in [-0.15, -0.1) is 0 Å². The van der Waals surface area contributed by atoms with Crippen molar-refractivity contribution in [1.82, 2.24) is 0 Å². The monoisotopic (exact) mass is 393 g/mol. The van der Waals surface area contributed by atoms with Crippen LogP contribution in [0.5, 0.6) is 11.5 Å². The molecule has 0 bridgehead atoms. The van der Waals surface area contributed by atoms with Crippen molar-refractivity contribution in [3.05, 3.63) is 33.9 Å². The van der Waals surface area contributed by atoms with Gasteiger partial charge in [-0.2, -0.15) is 0 Å². The van der Waals surface area contributed by atoms with Crippen molar-refractivity contribution in [3.63, 3.8) is 0 Å². The number of ether oxygens (including phenoxy) is 3. The van der Waals surface area contributed by atoms with E-state index < -0.39 is 35.1 Å². The maximum atomic E-state index is 12.4. The van der Waals surface area contributed by atoms with E-state index in [1.54, 1.807) is 19.1 Å². The molecule has 1 fully saturated rings. The number of hydrogen-bond acceptors (Lipinski definition) is 8. The van der Waals surface area contributed by atoms with Crippen LogP contribution in [0.25, 0.3) is 0 Å². The van der Waals surface area contributed by atoms with Crippen molar-refractivity contribution in [3.8, 4) is 11.5 Å². The van der Waals surface area contributed by atoms with Crippen molar-refractivity contribution < 1.29 is 33.5 Å². The minimum atomic E-state index is -0.755. The molecule has 1 aliphatic rings. The molecule has 1 aromatic carbocycles. The van der Waals surface area contributed by atoms with Crippen LogP contribution in [0, 0.1) is 27.9 Å². The molecule has 0 aromatic heterocycles. The normalized spacial score (nSPS) is 21.2.